The highest BCUT2D eigenvalue weighted by atomic mass is 35.5. The minimum atomic E-state index is -0.620. The molecule has 0 radical (unpaired) electrons. The Morgan fingerprint density at radius 3 is 2.19 bits per heavy atom. The first kappa shape index (κ1) is 19.4. The topological polar surface area (TPSA) is 116 Å². The molecule has 0 aliphatic rings. The Bertz CT molecular complexity index is 793. The minimum absolute atomic E-state index is 0.263. The molecule has 4 amide bonds. The van der Waals surface area contributed by atoms with Gasteiger partial charge in [0.1, 0.15) is 0 Å². The zero-order chi connectivity index (χ0) is 18.9. The number of amides is 4. The van der Waals surface area contributed by atoms with Crippen molar-refractivity contribution in [1.82, 2.24) is 21.5 Å². The highest BCUT2D eigenvalue weighted by Crippen LogP contribution is 2.09. The zero-order valence-electron chi connectivity index (χ0n) is 13.4. The molecule has 0 unspecified atom stereocenters. The van der Waals surface area contributed by atoms with Crippen LogP contribution < -0.4 is 21.5 Å². The Morgan fingerprint density at radius 2 is 1.54 bits per heavy atom. The van der Waals surface area contributed by atoms with E-state index in [0.717, 1.165) is 0 Å². The molecule has 0 spiro atoms. The van der Waals surface area contributed by atoms with Crippen molar-refractivity contribution in [3.63, 3.8) is 0 Å². The maximum absolute atomic E-state index is 11.8. The third-order valence-electron chi connectivity index (χ3n) is 3.02. The lowest BCUT2D eigenvalue weighted by atomic mass is 10.2. The quantitative estimate of drug-likeness (QED) is 0.540. The summed E-state index contributed by atoms with van der Waals surface area (Å²) in [5.41, 5.74) is 4.69. The van der Waals surface area contributed by atoms with Gasteiger partial charge in [0.15, 0.2) is 0 Å². The minimum Gasteiger partial charge on any atom is -0.345 e. The van der Waals surface area contributed by atoms with Gasteiger partial charge in [0.05, 0.1) is 18.0 Å². The fourth-order valence-corrected chi connectivity index (χ4v) is 2.51. The molecule has 0 saturated carbocycles. The van der Waals surface area contributed by atoms with Crippen molar-refractivity contribution in [3.8, 4) is 0 Å². The maximum atomic E-state index is 11.8. The van der Waals surface area contributed by atoms with Crippen LogP contribution in [0.1, 0.15) is 20.0 Å². The van der Waals surface area contributed by atoms with Crippen molar-refractivity contribution in [1.29, 1.82) is 0 Å². The second kappa shape index (κ2) is 9.54. The summed E-state index contributed by atoms with van der Waals surface area (Å²) in [4.78, 5) is 47.2. The number of carbonyl (C=O) groups is 4. The number of benzene rings is 1. The molecule has 2 rings (SSSR count). The number of carbonyl (C=O) groups excluding carboxylic acids is 4. The Hall–Kier alpha value is -2.91. The third-order valence-corrected chi connectivity index (χ3v) is 4.14. The molecule has 0 saturated heterocycles. The van der Waals surface area contributed by atoms with E-state index in [-0.39, 0.29) is 19.0 Å². The highest BCUT2D eigenvalue weighted by Gasteiger charge is 2.11. The molecule has 136 valence electrons. The van der Waals surface area contributed by atoms with Gasteiger partial charge in [0.25, 0.3) is 17.7 Å². The number of hydrazine groups is 1. The van der Waals surface area contributed by atoms with Crippen LogP contribution in [0.25, 0.3) is 0 Å². The maximum Gasteiger partial charge on any atom is 0.269 e. The molecule has 0 fully saturated rings. The fourth-order valence-electron chi connectivity index (χ4n) is 1.74. The number of hydrogen-bond acceptors (Lipinski definition) is 5. The summed E-state index contributed by atoms with van der Waals surface area (Å²) in [6.07, 6.45) is 0. The van der Waals surface area contributed by atoms with Crippen LogP contribution in [-0.2, 0) is 9.59 Å². The summed E-state index contributed by atoms with van der Waals surface area (Å²) in [5.74, 6) is -2.04. The molecule has 1 aromatic heterocycles. The summed E-state index contributed by atoms with van der Waals surface area (Å²) in [6, 6.07) is 9.45. The molecule has 10 heteroatoms. The normalized spacial score (nSPS) is 9.88. The lowest BCUT2D eigenvalue weighted by Gasteiger charge is -2.09. The summed E-state index contributed by atoms with van der Waals surface area (Å²) in [7, 11) is 0. The van der Waals surface area contributed by atoms with Gasteiger partial charge >= 0.3 is 0 Å². The van der Waals surface area contributed by atoms with Crippen molar-refractivity contribution in [2.24, 2.45) is 0 Å². The first-order chi connectivity index (χ1) is 12.5. The third kappa shape index (κ3) is 6.19. The molecule has 1 aromatic carbocycles. The number of hydrogen-bond donors (Lipinski definition) is 4. The molecular formula is C16H15ClN4O4S. The van der Waals surface area contributed by atoms with Gasteiger partial charge < -0.3 is 10.6 Å². The Balaban J connectivity index is 1.64. The van der Waals surface area contributed by atoms with E-state index >= 15 is 0 Å². The predicted octanol–water partition coefficient (Wildman–Crippen LogP) is 0.709. The summed E-state index contributed by atoms with van der Waals surface area (Å²) in [6.45, 7) is -0.615. The fraction of sp³-hybridized carbons (Fsp3) is 0.125. The Kier molecular flexibility index (Phi) is 7.12. The van der Waals surface area contributed by atoms with E-state index in [1.807, 2.05) is 0 Å². The van der Waals surface area contributed by atoms with Crippen LogP contribution in [0.2, 0.25) is 5.02 Å². The molecule has 8 nitrogen and oxygen atoms in total. The zero-order valence-corrected chi connectivity index (χ0v) is 14.9. The van der Waals surface area contributed by atoms with Gasteiger partial charge in [0.2, 0.25) is 5.91 Å². The van der Waals surface area contributed by atoms with Crippen molar-refractivity contribution in [3.05, 3.63) is 57.2 Å². The molecule has 2 aromatic rings. The second-order valence-corrected chi connectivity index (χ2v) is 6.33. The molecule has 0 atom stereocenters. The van der Waals surface area contributed by atoms with E-state index in [1.54, 1.807) is 29.6 Å². The largest absolute Gasteiger partial charge is 0.345 e. The molecule has 0 bridgehead atoms. The van der Waals surface area contributed by atoms with Gasteiger partial charge in [-0.1, -0.05) is 17.7 Å². The van der Waals surface area contributed by atoms with E-state index < -0.39 is 17.7 Å². The highest BCUT2D eigenvalue weighted by molar-refractivity contribution is 7.12. The number of thiophene rings is 1. The van der Waals surface area contributed by atoms with Gasteiger partial charge in [-0.25, -0.2) is 0 Å². The van der Waals surface area contributed by atoms with Crippen LogP contribution in [0.15, 0.2) is 41.8 Å². The molecule has 26 heavy (non-hydrogen) atoms. The van der Waals surface area contributed by atoms with Crippen molar-refractivity contribution in [2.45, 2.75) is 0 Å². The predicted molar refractivity (Wildman–Crippen MR) is 96.7 cm³/mol. The summed E-state index contributed by atoms with van der Waals surface area (Å²) >= 11 is 6.98. The van der Waals surface area contributed by atoms with Crippen LogP contribution in [0.4, 0.5) is 0 Å². The number of halogens is 1. The van der Waals surface area contributed by atoms with E-state index in [1.165, 1.54) is 23.5 Å². The second-order valence-electron chi connectivity index (χ2n) is 4.95. The van der Waals surface area contributed by atoms with Crippen molar-refractivity contribution >= 4 is 46.6 Å². The SMILES string of the molecule is O=C(CNC(=O)c1cccs1)NCC(=O)NNC(=O)c1ccc(Cl)cc1. The van der Waals surface area contributed by atoms with Crippen LogP contribution in [-0.4, -0.2) is 36.7 Å². The van der Waals surface area contributed by atoms with E-state index in [2.05, 4.69) is 21.5 Å². The number of nitrogens with one attached hydrogen (secondary N) is 4. The number of rotatable bonds is 6. The smallest absolute Gasteiger partial charge is 0.269 e. The Labute approximate surface area is 157 Å². The van der Waals surface area contributed by atoms with Gasteiger partial charge in [0, 0.05) is 10.6 Å². The lowest BCUT2D eigenvalue weighted by Crippen LogP contribution is -2.47. The first-order valence-corrected chi connectivity index (χ1v) is 8.64. The lowest BCUT2D eigenvalue weighted by molar-refractivity contribution is -0.125. The van der Waals surface area contributed by atoms with Crippen LogP contribution in [0.3, 0.4) is 0 Å². The average molecular weight is 395 g/mol. The summed E-state index contributed by atoms with van der Waals surface area (Å²) in [5, 5.41) is 6.99. The van der Waals surface area contributed by atoms with Gasteiger partial charge in [-0.2, -0.15) is 0 Å². The molecule has 0 aliphatic carbocycles. The van der Waals surface area contributed by atoms with Gasteiger partial charge in [-0.3, -0.25) is 30.0 Å². The first-order valence-electron chi connectivity index (χ1n) is 7.39. The standard InChI is InChI=1S/C16H15ClN4O4S/c17-11-5-3-10(4-6-11)15(24)21-20-14(23)9-18-13(22)8-19-16(25)12-2-1-7-26-12/h1-7H,8-9H2,(H,18,22)(H,19,25)(H,20,23)(H,21,24). The molecule has 4 N–H and O–H groups in total. The van der Waals surface area contributed by atoms with Crippen molar-refractivity contribution in [2.75, 3.05) is 13.1 Å². The van der Waals surface area contributed by atoms with Gasteiger partial charge in [-0.15, -0.1) is 11.3 Å². The molecule has 1 heterocycles. The van der Waals surface area contributed by atoms with E-state index in [4.69, 9.17) is 11.6 Å². The van der Waals surface area contributed by atoms with Gasteiger partial charge in [-0.05, 0) is 35.7 Å². The molecular weight excluding hydrogens is 380 g/mol. The van der Waals surface area contributed by atoms with E-state index in [9.17, 15) is 19.2 Å². The summed E-state index contributed by atoms with van der Waals surface area (Å²) < 4.78 is 0. The van der Waals surface area contributed by atoms with Crippen LogP contribution >= 0.6 is 22.9 Å². The molecule has 0 aliphatic heterocycles. The monoisotopic (exact) mass is 394 g/mol. The van der Waals surface area contributed by atoms with Crippen molar-refractivity contribution < 1.29 is 19.2 Å². The van der Waals surface area contributed by atoms with E-state index in [0.29, 0.717) is 15.5 Å². The van der Waals surface area contributed by atoms with Crippen LogP contribution in [0, 0.1) is 0 Å². The van der Waals surface area contributed by atoms with Crippen LogP contribution in [0.5, 0.6) is 0 Å². The average Bonchev–Trinajstić information content (AvgIpc) is 3.17. The Morgan fingerprint density at radius 1 is 0.846 bits per heavy atom.